The Morgan fingerprint density at radius 1 is 1.38 bits per heavy atom. The second-order valence-corrected chi connectivity index (χ2v) is 6.40. The Morgan fingerprint density at radius 3 is 2.50 bits per heavy atom. The second-order valence-electron chi connectivity index (χ2n) is 4.12. The van der Waals surface area contributed by atoms with Crippen LogP contribution in [0.5, 0.6) is 0 Å². The van der Waals surface area contributed by atoms with Crippen molar-refractivity contribution in [2.75, 3.05) is 0 Å². The van der Waals surface area contributed by atoms with Crippen molar-refractivity contribution in [1.29, 1.82) is 0 Å². The van der Waals surface area contributed by atoms with E-state index in [0.29, 0.717) is 5.92 Å². The molecular formula is C12H19Cl2NS. The van der Waals surface area contributed by atoms with E-state index >= 15 is 0 Å². The molecule has 0 spiro atoms. The van der Waals surface area contributed by atoms with E-state index in [4.69, 9.17) is 28.9 Å². The topological polar surface area (TPSA) is 26.0 Å². The summed E-state index contributed by atoms with van der Waals surface area (Å²) in [6.45, 7) is 4.38. The van der Waals surface area contributed by atoms with Gasteiger partial charge in [0.25, 0.3) is 0 Å². The molecule has 0 aliphatic rings. The van der Waals surface area contributed by atoms with Crippen LogP contribution in [0.3, 0.4) is 0 Å². The SMILES string of the molecule is CCCCC(CC)C(N)c1cc(Cl)sc1Cl. The Balaban J connectivity index is 2.74. The molecule has 0 saturated carbocycles. The number of rotatable bonds is 6. The Bertz CT molecular complexity index is 325. The van der Waals surface area contributed by atoms with E-state index < -0.39 is 0 Å². The average molecular weight is 280 g/mol. The maximum absolute atomic E-state index is 6.27. The monoisotopic (exact) mass is 279 g/mol. The van der Waals surface area contributed by atoms with Gasteiger partial charge in [0.15, 0.2) is 0 Å². The summed E-state index contributed by atoms with van der Waals surface area (Å²) in [5, 5.41) is 0. The first kappa shape index (κ1) is 14.3. The van der Waals surface area contributed by atoms with E-state index in [1.807, 2.05) is 6.07 Å². The largest absolute Gasteiger partial charge is 0.324 e. The van der Waals surface area contributed by atoms with E-state index in [0.717, 1.165) is 27.1 Å². The number of nitrogens with two attached hydrogens (primary N) is 1. The molecule has 0 aliphatic heterocycles. The number of halogens is 2. The van der Waals surface area contributed by atoms with E-state index in [2.05, 4.69) is 13.8 Å². The zero-order valence-corrected chi connectivity index (χ0v) is 12.1. The molecule has 1 rings (SSSR count). The fourth-order valence-electron chi connectivity index (χ4n) is 1.94. The zero-order chi connectivity index (χ0) is 12.1. The van der Waals surface area contributed by atoms with Gasteiger partial charge in [-0.25, -0.2) is 0 Å². The quantitative estimate of drug-likeness (QED) is 0.754. The van der Waals surface area contributed by atoms with Crippen molar-refractivity contribution in [3.63, 3.8) is 0 Å². The normalized spacial score (nSPS) is 15.1. The predicted molar refractivity (Wildman–Crippen MR) is 74.6 cm³/mol. The molecule has 2 atom stereocenters. The summed E-state index contributed by atoms with van der Waals surface area (Å²) in [4.78, 5) is 0. The highest BCUT2D eigenvalue weighted by Gasteiger charge is 2.21. The lowest BCUT2D eigenvalue weighted by molar-refractivity contribution is 0.379. The Kier molecular flexibility index (Phi) is 6.12. The minimum absolute atomic E-state index is 0.0211. The highest BCUT2D eigenvalue weighted by atomic mass is 35.5. The van der Waals surface area contributed by atoms with Crippen LogP contribution in [-0.2, 0) is 0 Å². The molecule has 1 aromatic rings. The standard InChI is InChI=1S/C12H19Cl2NS/c1-3-5-6-8(4-2)11(15)9-7-10(13)16-12(9)14/h7-8,11H,3-6,15H2,1-2H3. The van der Waals surface area contributed by atoms with Crippen LogP contribution in [0.15, 0.2) is 6.07 Å². The van der Waals surface area contributed by atoms with Crippen LogP contribution < -0.4 is 5.73 Å². The lowest BCUT2D eigenvalue weighted by atomic mass is 9.89. The Hall–Kier alpha value is 0.240. The molecule has 16 heavy (non-hydrogen) atoms. The van der Waals surface area contributed by atoms with Gasteiger partial charge in [0.05, 0.1) is 8.67 Å². The van der Waals surface area contributed by atoms with Crippen LogP contribution in [0.4, 0.5) is 0 Å². The van der Waals surface area contributed by atoms with Crippen molar-refractivity contribution in [2.45, 2.75) is 45.6 Å². The summed E-state index contributed by atoms with van der Waals surface area (Å²) in [5.74, 6) is 0.503. The minimum atomic E-state index is 0.0211. The van der Waals surface area contributed by atoms with Gasteiger partial charge in [-0.05, 0) is 18.4 Å². The molecule has 92 valence electrons. The molecule has 4 heteroatoms. The summed E-state index contributed by atoms with van der Waals surface area (Å²) in [6, 6.07) is 1.93. The minimum Gasteiger partial charge on any atom is -0.324 e. The van der Waals surface area contributed by atoms with Crippen LogP contribution >= 0.6 is 34.5 Å². The second kappa shape index (κ2) is 6.85. The van der Waals surface area contributed by atoms with Crippen molar-refractivity contribution < 1.29 is 0 Å². The first-order chi connectivity index (χ1) is 7.60. The Labute approximate surface area is 112 Å². The van der Waals surface area contributed by atoms with Gasteiger partial charge in [-0.3, -0.25) is 0 Å². The van der Waals surface area contributed by atoms with Crippen LogP contribution in [-0.4, -0.2) is 0 Å². The molecule has 1 aromatic heterocycles. The molecule has 0 radical (unpaired) electrons. The van der Waals surface area contributed by atoms with Gasteiger partial charge < -0.3 is 5.73 Å². The highest BCUT2D eigenvalue weighted by Crippen LogP contribution is 2.38. The number of hydrogen-bond donors (Lipinski definition) is 1. The van der Waals surface area contributed by atoms with Crippen molar-refractivity contribution in [1.82, 2.24) is 0 Å². The average Bonchev–Trinajstić information content (AvgIpc) is 2.58. The fraction of sp³-hybridized carbons (Fsp3) is 0.667. The maximum Gasteiger partial charge on any atom is 0.0991 e. The van der Waals surface area contributed by atoms with Gasteiger partial charge in [0, 0.05) is 11.6 Å². The Morgan fingerprint density at radius 2 is 2.06 bits per heavy atom. The predicted octanol–water partition coefficient (Wildman–Crippen LogP) is 5.27. The summed E-state index contributed by atoms with van der Waals surface area (Å²) in [6.07, 6.45) is 4.69. The lowest BCUT2D eigenvalue weighted by Crippen LogP contribution is -2.20. The van der Waals surface area contributed by atoms with Gasteiger partial charge in [0.1, 0.15) is 0 Å². The van der Waals surface area contributed by atoms with Crippen molar-refractivity contribution in [2.24, 2.45) is 11.7 Å². The maximum atomic E-state index is 6.27. The molecule has 2 unspecified atom stereocenters. The molecule has 0 aliphatic carbocycles. The third kappa shape index (κ3) is 3.63. The first-order valence-electron chi connectivity index (χ1n) is 5.80. The van der Waals surface area contributed by atoms with Crippen LogP contribution in [0, 0.1) is 5.92 Å². The highest BCUT2D eigenvalue weighted by molar-refractivity contribution is 7.20. The van der Waals surface area contributed by atoms with E-state index in [1.165, 1.54) is 24.2 Å². The van der Waals surface area contributed by atoms with Gasteiger partial charge in [-0.1, -0.05) is 56.3 Å². The summed E-state index contributed by atoms with van der Waals surface area (Å²) < 4.78 is 1.47. The summed E-state index contributed by atoms with van der Waals surface area (Å²) >= 11 is 13.5. The van der Waals surface area contributed by atoms with Crippen molar-refractivity contribution >= 4 is 34.5 Å². The molecule has 0 amide bonds. The third-order valence-corrected chi connectivity index (χ3v) is 4.52. The smallest absolute Gasteiger partial charge is 0.0991 e. The molecule has 0 saturated heterocycles. The number of unbranched alkanes of at least 4 members (excludes halogenated alkanes) is 1. The molecule has 1 nitrogen and oxygen atoms in total. The molecule has 1 heterocycles. The third-order valence-electron chi connectivity index (χ3n) is 3.00. The van der Waals surface area contributed by atoms with Crippen LogP contribution in [0.25, 0.3) is 0 Å². The van der Waals surface area contributed by atoms with Crippen LogP contribution in [0.2, 0.25) is 8.67 Å². The van der Waals surface area contributed by atoms with Crippen molar-refractivity contribution in [3.05, 3.63) is 20.3 Å². The van der Waals surface area contributed by atoms with Gasteiger partial charge in [-0.15, -0.1) is 11.3 Å². The van der Waals surface area contributed by atoms with E-state index in [1.54, 1.807) is 0 Å². The van der Waals surface area contributed by atoms with Crippen LogP contribution in [0.1, 0.15) is 51.1 Å². The molecule has 2 N–H and O–H groups in total. The van der Waals surface area contributed by atoms with E-state index in [-0.39, 0.29) is 6.04 Å². The molecule has 0 fully saturated rings. The summed E-state index contributed by atoms with van der Waals surface area (Å²) in [7, 11) is 0. The zero-order valence-electron chi connectivity index (χ0n) is 9.80. The summed E-state index contributed by atoms with van der Waals surface area (Å²) in [5.41, 5.74) is 7.28. The first-order valence-corrected chi connectivity index (χ1v) is 7.37. The van der Waals surface area contributed by atoms with Gasteiger partial charge >= 0.3 is 0 Å². The fourth-order valence-corrected chi connectivity index (χ4v) is 3.51. The lowest BCUT2D eigenvalue weighted by Gasteiger charge is -2.22. The number of hydrogen-bond acceptors (Lipinski definition) is 2. The number of thiophene rings is 1. The molecule has 0 bridgehead atoms. The van der Waals surface area contributed by atoms with Crippen molar-refractivity contribution in [3.8, 4) is 0 Å². The molecule has 0 aromatic carbocycles. The van der Waals surface area contributed by atoms with E-state index in [9.17, 15) is 0 Å². The molecular weight excluding hydrogens is 261 g/mol. The van der Waals surface area contributed by atoms with Gasteiger partial charge in [-0.2, -0.15) is 0 Å². The van der Waals surface area contributed by atoms with Gasteiger partial charge in [0.2, 0.25) is 0 Å².